The van der Waals surface area contributed by atoms with E-state index in [1.165, 1.54) is 67.8 Å². The quantitative estimate of drug-likeness (QED) is 0.463. The van der Waals surface area contributed by atoms with Gasteiger partial charge in [0.2, 0.25) is 15.9 Å². The van der Waals surface area contributed by atoms with E-state index in [9.17, 15) is 13.2 Å². The second-order valence-corrected chi connectivity index (χ2v) is 12.7. The van der Waals surface area contributed by atoms with Crippen molar-refractivity contribution < 1.29 is 17.9 Å². The number of sulfonamides is 1. The molecule has 3 saturated heterocycles. The molecule has 1 aromatic carbocycles. The van der Waals surface area contributed by atoms with Gasteiger partial charge in [0.05, 0.1) is 21.5 Å². The van der Waals surface area contributed by atoms with Crippen molar-refractivity contribution in [2.24, 2.45) is 5.92 Å². The van der Waals surface area contributed by atoms with E-state index < -0.39 is 10.0 Å². The predicted molar refractivity (Wildman–Crippen MR) is 138 cm³/mol. The molecule has 0 radical (unpaired) electrons. The molecule has 1 amide bonds. The van der Waals surface area contributed by atoms with Crippen molar-refractivity contribution in [1.29, 1.82) is 0 Å². The number of hydrogen-bond acceptors (Lipinski definition) is 5. The van der Waals surface area contributed by atoms with Gasteiger partial charge in [0.1, 0.15) is 6.61 Å². The van der Waals surface area contributed by atoms with E-state index in [1.54, 1.807) is 0 Å². The van der Waals surface area contributed by atoms with E-state index in [-0.39, 0.29) is 35.1 Å². The highest BCUT2D eigenvalue weighted by molar-refractivity contribution is 7.89. The molecule has 1 atom stereocenters. The van der Waals surface area contributed by atoms with Crippen molar-refractivity contribution in [3.63, 3.8) is 0 Å². The van der Waals surface area contributed by atoms with Crippen molar-refractivity contribution >= 4 is 39.1 Å². The Balaban J connectivity index is 1.19. The van der Waals surface area contributed by atoms with Crippen molar-refractivity contribution in [2.45, 2.75) is 62.3 Å². The van der Waals surface area contributed by atoms with E-state index >= 15 is 0 Å². The minimum Gasteiger partial charge on any atom is -0.370 e. The number of amides is 1. The number of hydrogen-bond donors (Lipinski definition) is 0. The molecule has 0 spiro atoms. The zero-order chi connectivity index (χ0) is 24.8. The van der Waals surface area contributed by atoms with Gasteiger partial charge in [0, 0.05) is 25.7 Å². The fourth-order valence-electron chi connectivity index (χ4n) is 5.46. The van der Waals surface area contributed by atoms with E-state index in [2.05, 4.69) is 4.90 Å². The van der Waals surface area contributed by atoms with Gasteiger partial charge in [-0.1, -0.05) is 29.6 Å². The Kier molecular flexibility index (Phi) is 9.74. The van der Waals surface area contributed by atoms with Crippen LogP contribution in [0.5, 0.6) is 0 Å². The Morgan fingerprint density at radius 2 is 1.69 bits per heavy atom. The van der Waals surface area contributed by atoms with Crippen LogP contribution >= 0.6 is 23.2 Å². The molecule has 1 unspecified atom stereocenters. The number of benzene rings is 1. The molecule has 7 nitrogen and oxygen atoms in total. The SMILES string of the molecule is O=C(COCC1CCCN1S(=O)(=O)c1ccc(Cl)c(Cl)c1)N1CCC(CCN2CCCCC2)CC1. The summed E-state index contributed by atoms with van der Waals surface area (Å²) in [5.74, 6) is 0.692. The molecule has 3 aliphatic rings. The Hall–Kier alpha value is -0.900. The highest BCUT2D eigenvalue weighted by Gasteiger charge is 2.36. The first-order chi connectivity index (χ1) is 16.8. The number of piperidine rings is 2. The number of rotatable bonds is 9. The van der Waals surface area contributed by atoms with Crippen LogP contribution < -0.4 is 0 Å². The van der Waals surface area contributed by atoms with E-state index in [4.69, 9.17) is 27.9 Å². The maximum absolute atomic E-state index is 13.1. The molecule has 4 rings (SSSR count). The molecule has 1 aromatic rings. The molecule has 3 fully saturated rings. The third-order valence-electron chi connectivity index (χ3n) is 7.63. The molecule has 10 heteroatoms. The van der Waals surface area contributed by atoms with Crippen molar-refractivity contribution in [2.75, 3.05) is 52.5 Å². The lowest BCUT2D eigenvalue weighted by Crippen LogP contribution is -2.42. The Labute approximate surface area is 219 Å². The summed E-state index contributed by atoms with van der Waals surface area (Å²) in [6.07, 6.45) is 8.81. The number of nitrogens with zero attached hydrogens (tertiary/aromatic N) is 3. The van der Waals surface area contributed by atoms with Gasteiger partial charge in [-0.3, -0.25) is 4.79 Å². The molecule has 196 valence electrons. The normalized spacial score (nSPS) is 23.1. The van der Waals surface area contributed by atoms with E-state index in [0.29, 0.717) is 23.9 Å². The van der Waals surface area contributed by atoms with Crippen LogP contribution in [0.2, 0.25) is 10.0 Å². The zero-order valence-electron chi connectivity index (χ0n) is 20.3. The van der Waals surface area contributed by atoms with Crippen LogP contribution in [-0.4, -0.2) is 87.0 Å². The van der Waals surface area contributed by atoms with Crippen LogP contribution in [-0.2, 0) is 19.6 Å². The van der Waals surface area contributed by atoms with Gasteiger partial charge in [0.25, 0.3) is 0 Å². The van der Waals surface area contributed by atoms with Crippen LogP contribution in [0.1, 0.15) is 51.4 Å². The third-order valence-corrected chi connectivity index (χ3v) is 10.3. The Morgan fingerprint density at radius 3 is 2.40 bits per heavy atom. The van der Waals surface area contributed by atoms with Crippen molar-refractivity contribution in [3.8, 4) is 0 Å². The van der Waals surface area contributed by atoms with E-state index in [0.717, 1.165) is 32.4 Å². The zero-order valence-corrected chi connectivity index (χ0v) is 22.7. The monoisotopic (exact) mass is 545 g/mol. The Morgan fingerprint density at radius 1 is 0.943 bits per heavy atom. The third kappa shape index (κ3) is 7.11. The van der Waals surface area contributed by atoms with Crippen LogP contribution in [0.3, 0.4) is 0 Å². The minimum atomic E-state index is -3.71. The van der Waals surface area contributed by atoms with Gasteiger partial charge >= 0.3 is 0 Å². The Bertz CT molecular complexity index is 963. The molecule has 0 saturated carbocycles. The van der Waals surface area contributed by atoms with Gasteiger partial charge in [-0.15, -0.1) is 0 Å². The van der Waals surface area contributed by atoms with Gasteiger partial charge in [0.15, 0.2) is 0 Å². The molecular formula is C25H37Cl2N3O4S. The summed E-state index contributed by atoms with van der Waals surface area (Å²) in [4.78, 5) is 17.3. The first kappa shape index (κ1) is 27.1. The average Bonchev–Trinajstić information content (AvgIpc) is 3.35. The number of carbonyl (C=O) groups excluding carboxylic acids is 1. The first-order valence-electron chi connectivity index (χ1n) is 12.9. The molecule has 0 bridgehead atoms. The second-order valence-electron chi connectivity index (χ2n) is 10.0. The summed E-state index contributed by atoms with van der Waals surface area (Å²) < 4.78 is 33.5. The lowest BCUT2D eigenvalue weighted by atomic mass is 9.93. The summed E-state index contributed by atoms with van der Waals surface area (Å²) in [7, 11) is -3.71. The van der Waals surface area contributed by atoms with Crippen molar-refractivity contribution in [1.82, 2.24) is 14.1 Å². The second kappa shape index (κ2) is 12.6. The number of halogens is 2. The maximum atomic E-state index is 13.1. The molecule has 0 aliphatic carbocycles. The largest absolute Gasteiger partial charge is 0.370 e. The summed E-state index contributed by atoms with van der Waals surface area (Å²) in [6, 6.07) is 4.06. The first-order valence-corrected chi connectivity index (χ1v) is 15.1. The molecule has 3 aliphatic heterocycles. The van der Waals surface area contributed by atoms with Crippen LogP contribution in [0.15, 0.2) is 23.1 Å². The van der Waals surface area contributed by atoms with Crippen LogP contribution in [0.4, 0.5) is 0 Å². The standard InChI is InChI=1S/C25H37Cl2N3O4S/c26-23-7-6-22(17-24(23)27)35(32,33)30-13-4-5-21(30)18-34-19-25(31)29-15-9-20(10-16-29)8-14-28-11-2-1-3-12-28/h6-7,17,20-21H,1-5,8-16,18-19H2. The molecule has 0 N–H and O–H groups in total. The molecular weight excluding hydrogens is 509 g/mol. The van der Waals surface area contributed by atoms with E-state index in [1.807, 2.05) is 4.90 Å². The minimum absolute atomic E-state index is 0.00336. The number of likely N-dealkylation sites (tertiary alicyclic amines) is 2. The van der Waals surface area contributed by atoms with Crippen LogP contribution in [0, 0.1) is 5.92 Å². The smallest absolute Gasteiger partial charge is 0.248 e. The number of carbonyl (C=O) groups is 1. The maximum Gasteiger partial charge on any atom is 0.248 e. The topological polar surface area (TPSA) is 70.2 Å². The molecule has 35 heavy (non-hydrogen) atoms. The summed E-state index contributed by atoms with van der Waals surface area (Å²) >= 11 is 12.0. The fraction of sp³-hybridized carbons (Fsp3) is 0.720. The van der Waals surface area contributed by atoms with Crippen LogP contribution in [0.25, 0.3) is 0 Å². The van der Waals surface area contributed by atoms with Gasteiger partial charge in [-0.2, -0.15) is 4.31 Å². The molecule has 0 aromatic heterocycles. The van der Waals surface area contributed by atoms with Crippen molar-refractivity contribution in [3.05, 3.63) is 28.2 Å². The fourth-order valence-corrected chi connectivity index (χ4v) is 7.53. The van der Waals surface area contributed by atoms with Gasteiger partial charge < -0.3 is 14.5 Å². The summed E-state index contributed by atoms with van der Waals surface area (Å²) in [6.45, 7) is 5.86. The lowest BCUT2D eigenvalue weighted by molar-refractivity contribution is -0.137. The highest BCUT2D eigenvalue weighted by Crippen LogP contribution is 2.30. The predicted octanol–water partition coefficient (Wildman–Crippen LogP) is 4.28. The highest BCUT2D eigenvalue weighted by atomic mass is 35.5. The molecule has 3 heterocycles. The van der Waals surface area contributed by atoms with Gasteiger partial charge in [-0.05, 0) is 88.7 Å². The summed E-state index contributed by atoms with van der Waals surface area (Å²) in [5.41, 5.74) is 0. The lowest BCUT2D eigenvalue weighted by Gasteiger charge is -2.34. The van der Waals surface area contributed by atoms with Gasteiger partial charge in [-0.25, -0.2) is 8.42 Å². The summed E-state index contributed by atoms with van der Waals surface area (Å²) in [5, 5.41) is 0.525. The number of ether oxygens (including phenoxy) is 1. The average molecular weight is 547 g/mol.